The van der Waals surface area contributed by atoms with Gasteiger partial charge in [0, 0.05) is 18.3 Å². The monoisotopic (exact) mass is 287 g/mol. The van der Waals surface area contributed by atoms with Crippen LogP contribution in [0.15, 0.2) is 48.5 Å². The van der Waals surface area contributed by atoms with Crippen LogP contribution in [0.4, 0.5) is 10.1 Å². The van der Waals surface area contributed by atoms with E-state index >= 15 is 0 Å². The lowest BCUT2D eigenvalue weighted by Crippen LogP contribution is -2.19. The summed E-state index contributed by atoms with van der Waals surface area (Å²) < 4.78 is 13.6. The van der Waals surface area contributed by atoms with Gasteiger partial charge in [-0.1, -0.05) is 36.4 Å². The van der Waals surface area contributed by atoms with Crippen molar-refractivity contribution in [2.24, 2.45) is 11.5 Å². The van der Waals surface area contributed by atoms with E-state index in [1.807, 2.05) is 30.3 Å². The first-order valence-electron chi connectivity index (χ1n) is 6.72. The molecule has 1 amide bonds. The maximum Gasteiger partial charge on any atom is 0.253 e. The predicted molar refractivity (Wildman–Crippen MR) is 81.4 cm³/mol. The van der Waals surface area contributed by atoms with Crippen LogP contribution in [0.5, 0.6) is 0 Å². The highest BCUT2D eigenvalue weighted by molar-refractivity contribution is 5.98. The summed E-state index contributed by atoms with van der Waals surface area (Å²) in [6.07, 6.45) is 0.652. The highest BCUT2D eigenvalue weighted by Crippen LogP contribution is 2.19. The molecule has 0 radical (unpaired) electrons. The van der Waals surface area contributed by atoms with Gasteiger partial charge in [0.25, 0.3) is 5.91 Å². The maximum absolute atomic E-state index is 13.6. The Bertz CT molecular complexity index is 616. The number of hydrogen-bond donors (Lipinski definition) is 3. The fraction of sp³-hybridized carbons (Fsp3) is 0.188. The van der Waals surface area contributed by atoms with Crippen LogP contribution in [0.25, 0.3) is 0 Å². The SMILES string of the molecule is NC(=O)c1c(F)cccc1NCCC(N)c1ccccc1. The molecular formula is C16H18FN3O. The Morgan fingerprint density at radius 2 is 1.86 bits per heavy atom. The minimum absolute atomic E-state index is 0.120. The van der Waals surface area contributed by atoms with Crippen molar-refractivity contribution >= 4 is 11.6 Å². The number of halogens is 1. The summed E-state index contributed by atoms with van der Waals surface area (Å²) in [7, 11) is 0. The molecule has 0 aromatic heterocycles. The summed E-state index contributed by atoms with van der Waals surface area (Å²) in [6, 6.07) is 14.0. The minimum Gasteiger partial charge on any atom is -0.384 e. The van der Waals surface area contributed by atoms with Gasteiger partial charge in [0.2, 0.25) is 0 Å². The van der Waals surface area contributed by atoms with E-state index in [1.54, 1.807) is 6.07 Å². The van der Waals surface area contributed by atoms with Crippen LogP contribution in [0.1, 0.15) is 28.4 Å². The zero-order valence-corrected chi connectivity index (χ0v) is 11.6. The number of nitrogens with one attached hydrogen (secondary N) is 1. The number of anilines is 1. The summed E-state index contributed by atoms with van der Waals surface area (Å²) >= 11 is 0. The van der Waals surface area contributed by atoms with Crippen molar-refractivity contribution in [1.82, 2.24) is 0 Å². The normalized spacial score (nSPS) is 11.9. The molecular weight excluding hydrogens is 269 g/mol. The second kappa shape index (κ2) is 6.85. The zero-order chi connectivity index (χ0) is 15.2. The molecule has 0 saturated heterocycles. The lowest BCUT2D eigenvalue weighted by Gasteiger charge is -2.14. The van der Waals surface area contributed by atoms with Gasteiger partial charge in [-0.25, -0.2) is 4.39 Å². The first-order chi connectivity index (χ1) is 10.1. The Balaban J connectivity index is 1.98. The molecule has 0 aliphatic carbocycles. The van der Waals surface area contributed by atoms with Crippen molar-refractivity contribution in [2.75, 3.05) is 11.9 Å². The maximum atomic E-state index is 13.6. The minimum atomic E-state index is -0.789. The Labute approximate surface area is 123 Å². The summed E-state index contributed by atoms with van der Waals surface area (Å²) in [6.45, 7) is 0.514. The lowest BCUT2D eigenvalue weighted by molar-refractivity contribution is 0.0997. The van der Waals surface area contributed by atoms with Gasteiger partial charge >= 0.3 is 0 Å². The van der Waals surface area contributed by atoms with Gasteiger partial charge in [0.1, 0.15) is 5.82 Å². The van der Waals surface area contributed by atoms with Crippen molar-refractivity contribution in [2.45, 2.75) is 12.5 Å². The molecule has 2 aromatic rings. The second-order valence-electron chi connectivity index (χ2n) is 4.76. The lowest BCUT2D eigenvalue weighted by atomic mass is 10.0. The van der Waals surface area contributed by atoms with Crippen LogP contribution in [-0.4, -0.2) is 12.5 Å². The van der Waals surface area contributed by atoms with Crippen LogP contribution in [-0.2, 0) is 0 Å². The molecule has 0 bridgehead atoms. The third-order valence-electron chi connectivity index (χ3n) is 3.26. The van der Waals surface area contributed by atoms with Crippen LogP contribution in [0.3, 0.4) is 0 Å². The summed E-state index contributed by atoms with van der Waals surface area (Å²) in [5, 5.41) is 3.02. The predicted octanol–water partition coefficient (Wildman–Crippen LogP) is 2.43. The molecule has 5 heteroatoms. The number of primary amides is 1. The molecule has 0 saturated carbocycles. The summed E-state index contributed by atoms with van der Waals surface area (Å²) in [5.74, 6) is -1.41. The van der Waals surface area contributed by atoms with E-state index in [1.165, 1.54) is 12.1 Å². The molecule has 5 N–H and O–H groups in total. The number of nitrogens with two attached hydrogens (primary N) is 2. The summed E-state index contributed by atoms with van der Waals surface area (Å²) in [5.41, 5.74) is 12.6. The van der Waals surface area contributed by atoms with E-state index in [0.717, 1.165) is 5.56 Å². The molecule has 1 atom stereocenters. The van der Waals surface area contributed by atoms with E-state index in [0.29, 0.717) is 18.7 Å². The number of carbonyl (C=O) groups excluding carboxylic acids is 1. The number of amides is 1. The number of benzene rings is 2. The number of carbonyl (C=O) groups is 1. The van der Waals surface area contributed by atoms with Gasteiger partial charge in [-0.2, -0.15) is 0 Å². The Kier molecular flexibility index (Phi) is 4.90. The van der Waals surface area contributed by atoms with Crippen molar-refractivity contribution < 1.29 is 9.18 Å². The van der Waals surface area contributed by atoms with Gasteiger partial charge in [-0.05, 0) is 24.1 Å². The van der Waals surface area contributed by atoms with E-state index < -0.39 is 11.7 Å². The summed E-state index contributed by atoms with van der Waals surface area (Å²) in [4.78, 5) is 11.3. The molecule has 0 aliphatic heterocycles. The largest absolute Gasteiger partial charge is 0.384 e. The molecule has 1 unspecified atom stereocenters. The topological polar surface area (TPSA) is 81.1 Å². The van der Waals surface area contributed by atoms with Crippen LogP contribution >= 0.6 is 0 Å². The number of hydrogen-bond acceptors (Lipinski definition) is 3. The van der Waals surface area contributed by atoms with Gasteiger partial charge in [0.15, 0.2) is 0 Å². The van der Waals surface area contributed by atoms with Gasteiger partial charge in [0.05, 0.1) is 5.56 Å². The molecule has 0 spiro atoms. The van der Waals surface area contributed by atoms with Crippen molar-refractivity contribution in [3.05, 3.63) is 65.5 Å². The highest BCUT2D eigenvalue weighted by Gasteiger charge is 2.13. The average Bonchev–Trinajstić information content (AvgIpc) is 2.47. The van der Waals surface area contributed by atoms with E-state index in [9.17, 15) is 9.18 Å². The molecule has 4 nitrogen and oxygen atoms in total. The molecule has 110 valence electrons. The molecule has 2 rings (SSSR count). The van der Waals surface area contributed by atoms with Crippen molar-refractivity contribution in [3.8, 4) is 0 Å². The zero-order valence-electron chi connectivity index (χ0n) is 11.6. The first-order valence-corrected chi connectivity index (χ1v) is 6.72. The van der Waals surface area contributed by atoms with Crippen molar-refractivity contribution in [1.29, 1.82) is 0 Å². The van der Waals surface area contributed by atoms with Crippen LogP contribution in [0.2, 0.25) is 0 Å². The van der Waals surface area contributed by atoms with E-state index in [-0.39, 0.29) is 11.6 Å². The van der Waals surface area contributed by atoms with Crippen molar-refractivity contribution in [3.63, 3.8) is 0 Å². The van der Waals surface area contributed by atoms with E-state index in [4.69, 9.17) is 11.5 Å². The molecule has 0 heterocycles. The third kappa shape index (κ3) is 3.79. The quantitative estimate of drug-likeness (QED) is 0.763. The smallest absolute Gasteiger partial charge is 0.253 e. The molecule has 21 heavy (non-hydrogen) atoms. The highest BCUT2D eigenvalue weighted by atomic mass is 19.1. The second-order valence-corrected chi connectivity index (χ2v) is 4.76. The van der Waals surface area contributed by atoms with E-state index in [2.05, 4.69) is 5.32 Å². The standard InChI is InChI=1S/C16H18FN3O/c17-12-7-4-8-14(15(12)16(19)21)20-10-9-13(18)11-5-2-1-3-6-11/h1-8,13,20H,9-10,18H2,(H2,19,21). The third-order valence-corrected chi connectivity index (χ3v) is 3.26. The Morgan fingerprint density at radius 3 is 2.52 bits per heavy atom. The van der Waals surface area contributed by atoms with Gasteiger partial charge in [-0.15, -0.1) is 0 Å². The first kappa shape index (κ1) is 15.0. The van der Waals surface area contributed by atoms with Crippen LogP contribution < -0.4 is 16.8 Å². The fourth-order valence-corrected chi connectivity index (χ4v) is 2.15. The Hall–Kier alpha value is -2.40. The fourth-order valence-electron chi connectivity index (χ4n) is 2.15. The van der Waals surface area contributed by atoms with Gasteiger partial charge in [-0.3, -0.25) is 4.79 Å². The molecule has 0 aliphatic rings. The number of rotatable bonds is 6. The Morgan fingerprint density at radius 1 is 1.14 bits per heavy atom. The molecule has 2 aromatic carbocycles. The van der Waals surface area contributed by atoms with Gasteiger partial charge < -0.3 is 16.8 Å². The van der Waals surface area contributed by atoms with Crippen LogP contribution in [0, 0.1) is 5.82 Å². The molecule has 0 fully saturated rings. The average molecular weight is 287 g/mol.